The number of nitrogens with one attached hydrogen (secondary N) is 2. The van der Waals surface area contributed by atoms with Gasteiger partial charge < -0.3 is 5.32 Å². The van der Waals surface area contributed by atoms with E-state index in [4.69, 9.17) is 0 Å². The van der Waals surface area contributed by atoms with E-state index in [1.54, 1.807) is 0 Å². The first-order chi connectivity index (χ1) is 12.8. The molecule has 2 heterocycles. The van der Waals surface area contributed by atoms with E-state index in [9.17, 15) is 24.0 Å². The van der Waals surface area contributed by atoms with Crippen molar-refractivity contribution >= 4 is 29.5 Å². The Balaban J connectivity index is 1.81. The van der Waals surface area contributed by atoms with Crippen LogP contribution in [0, 0.1) is 5.92 Å². The predicted molar refractivity (Wildman–Crippen MR) is 94.9 cm³/mol. The van der Waals surface area contributed by atoms with Crippen LogP contribution in [-0.2, 0) is 9.59 Å². The second kappa shape index (κ2) is 7.30. The predicted octanol–water partition coefficient (Wildman–Crippen LogP) is 0.864. The maximum absolute atomic E-state index is 12.7. The lowest BCUT2D eigenvalue weighted by atomic mass is 10.0. The van der Waals surface area contributed by atoms with Gasteiger partial charge in [-0.05, 0) is 30.5 Å². The summed E-state index contributed by atoms with van der Waals surface area (Å²) in [5.74, 6) is -2.29. The molecule has 2 atom stereocenters. The summed E-state index contributed by atoms with van der Waals surface area (Å²) in [6, 6.07) is 3.29. The highest BCUT2D eigenvalue weighted by atomic mass is 16.2. The lowest BCUT2D eigenvalue weighted by Gasteiger charge is -2.27. The van der Waals surface area contributed by atoms with E-state index in [1.165, 1.54) is 18.2 Å². The van der Waals surface area contributed by atoms with Gasteiger partial charge in [0.15, 0.2) is 0 Å². The number of hydrogen-bond acceptors (Lipinski definition) is 5. The summed E-state index contributed by atoms with van der Waals surface area (Å²) in [5, 5.41) is 4.95. The first kappa shape index (κ1) is 18.8. The first-order valence-corrected chi connectivity index (χ1v) is 8.97. The largest absolute Gasteiger partial charge is 0.352 e. The zero-order valence-electron chi connectivity index (χ0n) is 15.2. The molecule has 2 unspecified atom stereocenters. The summed E-state index contributed by atoms with van der Waals surface area (Å²) >= 11 is 0. The molecule has 1 aromatic carbocycles. The molecule has 0 radical (unpaired) electrons. The molecule has 5 amide bonds. The monoisotopic (exact) mass is 371 g/mol. The van der Waals surface area contributed by atoms with Crippen LogP contribution in [0.5, 0.6) is 0 Å². The summed E-state index contributed by atoms with van der Waals surface area (Å²) < 4.78 is 0. The molecule has 27 heavy (non-hydrogen) atoms. The Kier molecular flexibility index (Phi) is 5.07. The van der Waals surface area contributed by atoms with Crippen LogP contribution in [0.4, 0.5) is 0 Å². The average Bonchev–Trinajstić information content (AvgIpc) is 2.90. The molecular formula is C19H21N3O5. The van der Waals surface area contributed by atoms with Crippen molar-refractivity contribution in [1.82, 2.24) is 15.5 Å². The van der Waals surface area contributed by atoms with E-state index in [2.05, 4.69) is 10.6 Å². The third kappa shape index (κ3) is 3.47. The van der Waals surface area contributed by atoms with E-state index >= 15 is 0 Å². The van der Waals surface area contributed by atoms with Gasteiger partial charge in [0.2, 0.25) is 11.8 Å². The van der Waals surface area contributed by atoms with Gasteiger partial charge >= 0.3 is 0 Å². The number of imide groups is 2. The van der Waals surface area contributed by atoms with Crippen LogP contribution in [0.2, 0.25) is 0 Å². The standard InChI is InChI=1S/C19H21N3O5/c1-3-10(2)9-20-16(24)11-4-5-12-13(8-11)19(27)22(18(12)26)14-6-7-15(23)21-17(14)25/h4-5,8,10,14H,3,6-7,9H2,1-2H3,(H,20,24)(H,21,23,25). The summed E-state index contributed by atoms with van der Waals surface area (Å²) in [6.45, 7) is 4.56. The number of piperidine rings is 1. The number of hydrogen-bond donors (Lipinski definition) is 2. The Morgan fingerprint density at radius 2 is 1.93 bits per heavy atom. The SMILES string of the molecule is CCC(C)CNC(=O)c1ccc2c(c1)C(=O)N(C1CCC(=O)NC1=O)C2=O. The number of benzene rings is 1. The van der Waals surface area contributed by atoms with Crippen LogP contribution in [0.25, 0.3) is 0 Å². The quantitative estimate of drug-likeness (QED) is 0.746. The third-order valence-electron chi connectivity index (χ3n) is 5.01. The fourth-order valence-corrected chi connectivity index (χ4v) is 3.13. The number of carbonyl (C=O) groups excluding carboxylic acids is 5. The summed E-state index contributed by atoms with van der Waals surface area (Å²) in [7, 11) is 0. The molecular weight excluding hydrogens is 350 g/mol. The van der Waals surface area contributed by atoms with Crippen molar-refractivity contribution in [3.8, 4) is 0 Å². The second-order valence-corrected chi connectivity index (χ2v) is 6.93. The van der Waals surface area contributed by atoms with Crippen molar-refractivity contribution in [2.24, 2.45) is 5.92 Å². The highest BCUT2D eigenvalue weighted by molar-refractivity contribution is 6.24. The van der Waals surface area contributed by atoms with Gasteiger partial charge in [-0.25, -0.2) is 0 Å². The molecule has 2 aliphatic rings. The van der Waals surface area contributed by atoms with Crippen LogP contribution in [0.1, 0.15) is 64.2 Å². The molecule has 8 nitrogen and oxygen atoms in total. The average molecular weight is 371 g/mol. The van der Waals surface area contributed by atoms with Crippen LogP contribution in [-0.4, -0.2) is 47.0 Å². The molecule has 0 saturated carbocycles. The van der Waals surface area contributed by atoms with Crippen molar-refractivity contribution in [3.63, 3.8) is 0 Å². The lowest BCUT2D eigenvalue weighted by molar-refractivity contribution is -0.136. The summed E-state index contributed by atoms with van der Waals surface area (Å²) in [6.07, 6.45) is 1.09. The van der Waals surface area contributed by atoms with E-state index in [-0.39, 0.29) is 35.4 Å². The van der Waals surface area contributed by atoms with Gasteiger partial charge in [0.1, 0.15) is 6.04 Å². The molecule has 0 bridgehead atoms. The van der Waals surface area contributed by atoms with Crippen LogP contribution in [0.15, 0.2) is 18.2 Å². The maximum Gasteiger partial charge on any atom is 0.262 e. The fraction of sp³-hybridized carbons (Fsp3) is 0.421. The highest BCUT2D eigenvalue weighted by Gasteiger charge is 2.44. The molecule has 1 saturated heterocycles. The molecule has 0 aliphatic carbocycles. The topological polar surface area (TPSA) is 113 Å². The normalized spacial score (nSPS) is 20.4. The highest BCUT2D eigenvalue weighted by Crippen LogP contribution is 2.28. The van der Waals surface area contributed by atoms with Gasteiger partial charge in [-0.3, -0.25) is 34.2 Å². The minimum absolute atomic E-state index is 0.0626. The molecule has 0 aromatic heterocycles. The maximum atomic E-state index is 12.7. The number of rotatable bonds is 5. The van der Waals surface area contributed by atoms with Crippen LogP contribution in [0.3, 0.4) is 0 Å². The van der Waals surface area contributed by atoms with Crippen molar-refractivity contribution in [2.45, 2.75) is 39.2 Å². The Bertz CT molecular complexity index is 848. The van der Waals surface area contributed by atoms with Gasteiger partial charge in [-0.15, -0.1) is 0 Å². The zero-order chi connectivity index (χ0) is 19.7. The number of carbonyl (C=O) groups is 5. The summed E-state index contributed by atoms with van der Waals surface area (Å²) in [5.41, 5.74) is 0.535. The van der Waals surface area contributed by atoms with Gasteiger partial charge in [0.25, 0.3) is 17.7 Å². The third-order valence-corrected chi connectivity index (χ3v) is 5.01. The molecule has 2 aliphatic heterocycles. The second-order valence-electron chi connectivity index (χ2n) is 6.93. The Hall–Kier alpha value is -3.03. The zero-order valence-corrected chi connectivity index (χ0v) is 15.2. The Morgan fingerprint density at radius 3 is 2.59 bits per heavy atom. The van der Waals surface area contributed by atoms with Gasteiger partial charge in [-0.2, -0.15) is 0 Å². The molecule has 1 aromatic rings. The van der Waals surface area contributed by atoms with Crippen LogP contribution < -0.4 is 10.6 Å². The van der Waals surface area contributed by atoms with Crippen molar-refractivity contribution in [1.29, 1.82) is 0 Å². The number of amides is 5. The minimum atomic E-state index is -1.02. The fourth-order valence-electron chi connectivity index (χ4n) is 3.13. The summed E-state index contributed by atoms with van der Waals surface area (Å²) in [4.78, 5) is 61.9. The number of nitrogens with zero attached hydrogens (tertiary/aromatic N) is 1. The van der Waals surface area contributed by atoms with Gasteiger partial charge in [-0.1, -0.05) is 20.3 Å². The van der Waals surface area contributed by atoms with E-state index in [0.29, 0.717) is 12.5 Å². The molecule has 8 heteroatoms. The Labute approximate surface area is 156 Å². The number of fused-ring (bicyclic) bond motifs is 1. The van der Waals surface area contributed by atoms with E-state index in [0.717, 1.165) is 11.3 Å². The van der Waals surface area contributed by atoms with E-state index < -0.39 is 29.7 Å². The van der Waals surface area contributed by atoms with Gasteiger partial charge in [0.05, 0.1) is 11.1 Å². The smallest absolute Gasteiger partial charge is 0.262 e. The van der Waals surface area contributed by atoms with Crippen molar-refractivity contribution in [2.75, 3.05) is 6.54 Å². The first-order valence-electron chi connectivity index (χ1n) is 8.97. The van der Waals surface area contributed by atoms with Crippen molar-refractivity contribution in [3.05, 3.63) is 34.9 Å². The van der Waals surface area contributed by atoms with Crippen LogP contribution >= 0.6 is 0 Å². The van der Waals surface area contributed by atoms with Crippen molar-refractivity contribution < 1.29 is 24.0 Å². The molecule has 142 valence electrons. The molecule has 0 spiro atoms. The lowest BCUT2D eigenvalue weighted by Crippen LogP contribution is -2.54. The molecule has 1 fully saturated rings. The minimum Gasteiger partial charge on any atom is -0.352 e. The molecule has 2 N–H and O–H groups in total. The Morgan fingerprint density at radius 1 is 1.22 bits per heavy atom. The molecule has 3 rings (SSSR count). The van der Waals surface area contributed by atoms with E-state index in [1.807, 2.05) is 13.8 Å². The van der Waals surface area contributed by atoms with Gasteiger partial charge in [0, 0.05) is 18.5 Å².